The molecule has 1 atom stereocenters. The standard InChI is InChI=1S/C24H32N2O5/c1-6-11-25-24(28)18(3)26(15-19-10-8-7-9-17(19)2)23(27)16-31-22-13-20(29-4)12-21(14-22)30-5/h7-10,12-14,18H,6,11,15-16H2,1-5H3,(H,25,28)/t18-/m0/s1. The van der Waals surface area contributed by atoms with E-state index in [1.165, 1.54) is 0 Å². The van der Waals surface area contributed by atoms with Crippen molar-refractivity contribution in [3.05, 3.63) is 53.6 Å². The zero-order chi connectivity index (χ0) is 22.8. The minimum Gasteiger partial charge on any atom is -0.496 e. The molecule has 0 radical (unpaired) electrons. The van der Waals surface area contributed by atoms with Gasteiger partial charge < -0.3 is 24.4 Å². The molecule has 0 bridgehead atoms. The summed E-state index contributed by atoms with van der Waals surface area (Å²) in [5.41, 5.74) is 2.04. The van der Waals surface area contributed by atoms with Gasteiger partial charge in [0.2, 0.25) is 5.91 Å². The maximum absolute atomic E-state index is 13.1. The lowest BCUT2D eigenvalue weighted by Crippen LogP contribution is -2.49. The molecule has 7 nitrogen and oxygen atoms in total. The summed E-state index contributed by atoms with van der Waals surface area (Å²) in [7, 11) is 3.09. The second-order valence-electron chi connectivity index (χ2n) is 7.25. The van der Waals surface area contributed by atoms with Gasteiger partial charge in [0.25, 0.3) is 5.91 Å². The van der Waals surface area contributed by atoms with Crippen molar-refractivity contribution in [3.8, 4) is 17.2 Å². The van der Waals surface area contributed by atoms with Crippen LogP contribution in [-0.2, 0) is 16.1 Å². The average Bonchev–Trinajstić information content (AvgIpc) is 2.79. The van der Waals surface area contributed by atoms with Crippen LogP contribution in [0, 0.1) is 6.92 Å². The number of nitrogens with one attached hydrogen (secondary N) is 1. The summed E-state index contributed by atoms with van der Waals surface area (Å²) in [5, 5.41) is 2.87. The third-order valence-corrected chi connectivity index (χ3v) is 5.01. The van der Waals surface area contributed by atoms with Crippen LogP contribution >= 0.6 is 0 Å². The fraction of sp³-hybridized carbons (Fsp3) is 0.417. The maximum atomic E-state index is 13.1. The first kappa shape index (κ1) is 24.1. The van der Waals surface area contributed by atoms with Gasteiger partial charge >= 0.3 is 0 Å². The molecular formula is C24H32N2O5. The zero-order valence-electron chi connectivity index (χ0n) is 18.9. The van der Waals surface area contributed by atoms with Crippen molar-refractivity contribution >= 4 is 11.8 Å². The van der Waals surface area contributed by atoms with Crippen molar-refractivity contribution in [2.24, 2.45) is 0 Å². The number of ether oxygens (including phenoxy) is 3. The van der Waals surface area contributed by atoms with Crippen LogP contribution in [0.3, 0.4) is 0 Å². The van der Waals surface area contributed by atoms with Crippen LogP contribution in [0.1, 0.15) is 31.4 Å². The molecule has 2 aromatic rings. The first-order chi connectivity index (χ1) is 14.9. The Morgan fingerprint density at radius 2 is 1.65 bits per heavy atom. The predicted octanol–water partition coefficient (Wildman–Crippen LogP) is 3.33. The smallest absolute Gasteiger partial charge is 0.261 e. The topological polar surface area (TPSA) is 77.1 Å². The van der Waals surface area contributed by atoms with Gasteiger partial charge in [0.15, 0.2) is 6.61 Å². The van der Waals surface area contributed by atoms with E-state index in [0.29, 0.717) is 30.3 Å². The first-order valence-corrected chi connectivity index (χ1v) is 10.4. The highest BCUT2D eigenvalue weighted by Gasteiger charge is 2.26. The van der Waals surface area contributed by atoms with Gasteiger partial charge in [-0.1, -0.05) is 31.2 Å². The van der Waals surface area contributed by atoms with Crippen LogP contribution in [0.2, 0.25) is 0 Å². The normalized spacial score (nSPS) is 11.4. The Kier molecular flexibility index (Phi) is 9.18. The van der Waals surface area contributed by atoms with Crippen LogP contribution in [0.25, 0.3) is 0 Å². The summed E-state index contributed by atoms with van der Waals surface area (Å²) >= 11 is 0. The molecule has 168 valence electrons. The van der Waals surface area contributed by atoms with Gasteiger partial charge in [0.1, 0.15) is 23.3 Å². The molecule has 0 heterocycles. The van der Waals surface area contributed by atoms with E-state index in [9.17, 15) is 9.59 Å². The Hall–Kier alpha value is -3.22. The van der Waals surface area contributed by atoms with Gasteiger partial charge in [-0.15, -0.1) is 0 Å². The van der Waals surface area contributed by atoms with E-state index in [2.05, 4.69) is 5.32 Å². The minimum atomic E-state index is -0.637. The lowest BCUT2D eigenvalue weighted by atomic mass is 10.1. The van der Waals surface area contributed by atoms with Crippen molar-refractivity contribution < 1.29 is 23.8 Å². The molecule has 31 heavy (non-hydrogen) atoms. The van der Waals surface area contributed by atoms with E-state index in [1.54, 1.807) is 44.2 Å². The fourth-order valence-corrected chi connectivity index (χ4v) is 3.04. The minimum absolute atomic E-state index is 0.188. The highest BCUT2D eigenvalue weighted by molar-refractivity contribution is 5.88. The van der Waals surface area contributed by atoms with Gasteiger partial charge in [0.05, 0.1) is 14.2 Å². The van der Waals surface area contributed by atoms with Crippen LogP contribution in [-0.4, -0.2) is 50.1 Å². The molecule has 0 unspecified atom stereocenters. The van der Waals surface area contributed by atoms with Crippen molar-refractivity contribution in [2.45, 2.75) is 39.8 Å². The number of carbonyl (C=O) groups is 2. The molecule has 2 amide bonds. The van der Waals surface area contributed by atoms with Crippen molar-refractivity contribution in [3.63, 3.8) is 0 Å². The van der Waals surface area contributed by atoms with E-state index in [1.807, 2.05) is 38.1 Å². The number of hydrogen-bond acceptors (Lipinski definition) is 5. The van der Waals surface area contributed by atoms with E-state index in [0.717, 1.165) is 17.5 Å². The summed E-state index contributed by atoms with van der Waals surface area (Å²) in [5.74, 6) is 1.09. The van der Waals surface area contributed by atoms with E-state index >= 15 is 0 Å². The number of methoxy groups -OCH3 is 2. The molecule has 0 aliphatic rings. The Balaban J connectivity index is 2.19. The molecular weight excluding hydrogens is 396 g/mol. The van der Waals surface area contributed by atoms with E-state index < -0.39 is 6.04 Å². The zero-order valence-corrected chi connectivity index (χ0v) is 18.9. The van der Waals surface area contributed by atoms with Gasteiger partial charge in [-0.2, -0.15) is 0 Å². The van der Waals surface area contributed by atoms with E-state index in [4.69, 9.17) is 14.2 Å². The van der Waals surface area contributed by atoms with Crippen LogP contribution in [0.15, 0.2) is 42.5 Å². The maximum Gasteiger partial charge on any atom is 0.261 e. The van der Waals surface area contributed by atoms with Crippen molar-refractivity contribution in [1.82, 2.24) is 10.2 Å². The second-order valence-corrected chi connectivity index (χ2v) is 7.25. The quantitative estimate of drug-likeness (QED) is 0.594. The summed E-state index contributed by atoms with van der Waals surface area (Å²) in [6.07, 6.45) is 0.824. The molecule has 0 aliphatic carbocycles. The lowest BCUT2D eigenvalue weighted by Gasteiger charge is -2.29. The number of benzene rings is 2. The number of amides is 2. The SMILES string of the molecule is CCCNC(=O)[C@H](C)N(Cc1ccccc1C)C(=O)COc1cc(OC)cc(OC)c1. The van der Waals surface area contributed by atoms with Crippen molar-refractivity contribution in [2.75, 3.05) is 27.4 Å². The molecule has 0 saturated carbocycles. The van der Waals surface area contributed by atoms with Crippen molar-refractivity contribution in [1.29, 1.82) is 0 Å². The molecule has 0 spiro atoms. The number of hydrogen-bond donors (Lipinski definition) is 1. The molecule has 0 aliphatic heterocycles. The summed E-state index contributed by atoms with van der Waals surface area (Å²) in [6, 6.07) is 12.3. The average molecular weight is 429 g/mol. The number of aryl methyl sites for hydroxylation is 1. The van der Waals surface area contributed by atoms with Gasteiger partial charge in [-0.3, -0.25) is 9.59 Å². The van der Waals surface area contributed by atoms with Crippen LogP contribution < -0.4 is 19.5 Å². The first-order valence-electron chi connectivity index (χ1n) is 10.4. The van der Waals surface area contributed by atoms with Gasteiger partial charge in [-0.05, 0) is 31.4 Å². The highest BCUT2D eigenvalue weighted by atomic mass is 16.5. The Morgan fingerprint density at radius 3 is 2.23 bits per heavy atom. The number of carbonyl (C=O) groups excluding carboxylic acids is 2. The molecule has 0 saturated heterocycles. The predicted molar refractivity (Wildman–Crippen MR) is 120 cm³/mol. The number of rotatable bonds is 11. The molecule has 0 aromatic heterocycles. The molecule has 1 N–H and O–H groups in total. The molecule has 0 fully saturated rings. The monoisotopic (exact) mass is 428 g/mol. The molecule has 7 heteroatoms. The Labute approximate surface area is 184 Å². The van der Waals surface area contributed by atoms with Gasteiger partial charge in [0, 0.05) is 31.3 Å². The third kappa shape index (κ3) is 6.91. The lowest BCUT2D eigenvalue weighted by molar-refractivity contribution is -0.142. The Morgan fingerprint density at radius 1 is 1.03 bits per heavy atom. The Bertz CT molecular complexity index is 862. The van der Waals surface area contributed by atoms with Crippen LogP contribution in [0.5, 0.6) is 17.2 Å². The molecule has 2 rings (SSSR count). The fourth-order valence-electron chi connectivity index (χ4n) is 3.04. The summed E-state index contributed by atoms with van der Waals surface area (Å²) in [6.45, 7) is 6.37. The second kappa shape index (κ2) is 11.8. The van der Waals surface area contributed by atoms with Crippen LogP contribution in [0.4, 0.5) is 0 Å². The highest BCUT2D eigenvalue weighted by Crippen LogP contribution is 2.27. The summed E-state index contributed by atoms with van der Waals surface area (Å²) < 4.78 is 16.2. The van der Waals surface area contributed by atoms with E-state index in [-0.39, 0.29) is 18.4 Å². The van der Waals surface area contributed by atoms with Gasteiger partial charge in [-0.25, -0.2) is 0 Å². The summed E-state index contributed by atoms with van der Waals surface area (Å²) in [4.78, 5) is 27.3. The largest absolute Gasteiger partial charge is 0.496 e. The molecule has 2 aromatic carbocycles. The number of nitrogens with zero attached hydrogens (tertiary/aromatic N) is 1. The third-order valence-electron chi connectivity index (χ3n) is 5.01.